The molecule has 0 aliphatic carbocycles. The molecule has 2 aromatic carbocycles. The van der Waals surface area contributed by atoms with E-state index in [9.17, 15) is 4.79 Å². The Hall–Kier alpha value is -2.29. The maximum atomic E-state index is 12.9. The van der Waals surface area contributed by atoms with Crippen molar-refractivity contribution in [3.63, 3.8) is 0 Å². The lowest BCUT2D eigenvalue weighted by Crippen LogP contribution is -2.43. The number of aryl methyl sites for hydroxylation is 1. The number of para-hydroxylation sites is 1. The van der Waals surface area contributed by atoms with Gasteiger partial charge in [0.25, 0.3) is 0 Å². The number of nitrogens with zero attached hydrogens (tertiary/aromatic N) is 2. The van der Waals surface area contributed by atoms with Crippen molar-refractivity contribution in [1.82, 2.24) is 0 Å². The van der Waals surface area contributed by atoms with Gasteiger partial charge in [0.1, 0.15) is 0 Å². The summed E-state index contributed by atoms with van der Waals surface area (Å²) in [6, 6.07) is 17.8. The van der Waals surface area contributed by atoms with Gasteiger partial charge in [-0.1, -0.05) is 30.3 Å². The fraction of sp³-hybridized carbons (Fsp3) is 0.278. The normalized spacial score (nSPS) is 10.2. The van der Waals surface area contributed by atoms with Crippen molar-refractivity contribution in [3.05, 3.63) is 60.2 Å². The Morgan fingerprint density at radius 2 is 1.43 bits per heavy atom. The number of urea groups is 1. The smallest absolute Gasteiger partial charge is 0.294 e. The van der Waals surface area contributed by atoms with E-state index in [2.05, 4.69) is 0 Å². The van der Waals surface area contributed by atoms with Gasteiger partial charge in [-0.25, -0.2) is 4.79 Å². The van der Waals surface area contributed by atoms with Gasteiger partial charge in [-0.2, -0.15) is 0 Å². The van der Waals surface area contributed by atoms with Gasteiger partial charge in [0.05, 0.1) is 0 Å². The highest BCUT2D eigenvalue weighted by Gasteiger charge is 2.21. The summed E-state index contributed by atoms with van der Waals surface area (Å²) in [5, 5.41) is 0. The molecule has 0 atom stereocenters. The highest BCUT2D eigenvalue weighted by Crippen LogP contribution is 2.21. The topological polar surface area (TPSA) is 23.6 Å². The lowest BCUT2D eigenvalue weighted by molar-refractivity contribution is 0.252. The first-order valence-corrected chi connectivity index (χ1v) is 7.38. The molecule has 3 nitrogen and oxygen atoms in total. The van der Waals surface area contributed by atoms with Gasteiger partial charge in [-0.05, 0) is 50.6 Å². The van der Waals surface area contributed by atoms with Crippen molar-refractivity contribution in [1.29, 1.82) is 0 Å². The predicted molar refractivity (Wildman–Crippen MR) is 89.1 cm³/mol. The van der Waals surface area contributed by atoms with Crippen LogP contribution in [0, 0.1) is 6.92 Å². The average Bonchev–Trinajstić information content (AvgIpc) is 2.50. The van der Waals surface area contributed by atoms with Crippen molar-refractivity contribution in [3.8, 4) is 0 Å². The second kappa shape index (κ2) is 6.93. The van der Waals surface area contributed by atoms with E-state index in [0.29, 0.717) is 13.1 Å². The average molecular weight is 282 g/mol. The van der Waals surface area contributed by atoms with Crippen LogP contribution in [-0.2, 0) is 0 Å². The standard InChI is InChI=1S/C18H22N2O/c1-4-19(16-11-7-6-8-12-16)18(21)20(5-2)17-13-9-10-15(3)14-17/h6-14H,4-5H2,1-3H3. The van der Waals surface area contributed by atoms with E-state index >= 15 is 0 Å². The van der Waals surface area contributed by atoms with E-state index < -0.39 is 0 Å². The van der Waals surface area contributed by atoms with Crippen LogP contribution in [0.5, 0.6) is 0 Å². The third-order valence-electron chi connectivity index (χ3n) is 3.48. The summed E-state index contributed by atoms with van der Waals surface area (Å²) in [6.45, 7) is 7.32. The van der Waals surface area contributed by atoms with Crippen LogP contribution in [0.2, 0.25) is 0 Å². The summed E-state index contributed by atoms with van der Waals surface area (Å²) in [7, 11) is 0. The molecule has 110 valence electrons. The van der Waals surface area contributed by atoms with Crippen LogP contribution >= 0.6 is 0 Å². The zero-order valence-electron chi connectivity index (χ0n) is 12.9. The number of hydrogen-bond donors (Lipinski definition) is 0. The Balaban J connectivity index is 2.31. The largest absolute Gasteiger partial charge is 0.328 e. The van der Waals surface area contributed by atoms with Gasteiger partial charge in [0.2, 0.25) is 0 Å². The molecule has 0 N–H and O–H groups in total. The summed E-state index contributed by atoms with van der Waals surface area (Å²) >= 11 is 0. The van der Waals surface area contributed by atoms with Crippen molar-refractivity contribution < 1.29 is 4.79 Å². The lowest BCUT2D eigenvalue weighted by atomic mass is 10.2. The highest BCUT2D eigenvalue weighted by molar-refractivity contribution is 6.03. The Morgan fingerprint density at radius 1 is 0.857 bits per heavy atom. The van der Waals surface area contributed by atoms with Gasteiger partial charge in [-0.15, -0.1) is 0 Å². The zero-order chi connectivity index (χ0) is 15.2. The fourth-order valence-electron chi connectivity index (χ4n) is 2.41. The van der Waals surface area contributed by atoms with Gasteiger partial charge in [0.15, 0.2) is 0 Å². The molecule has 0 bridgehead atoms. The first-order valence-electron chi connectivity index (χ1n) is 7.38. The van der Waals surface area contributed by atoms with Gasteiger partial charge in [-0.3, -0.25) is 9.80 Å². The second-order valence-corrected chi connectivity index (χ2v) is 4.95. The lowest BCUT2D eigenvalue weighted by Gasteiger charge is -2.29. The van der Waals surface area contributed by atoms with Crippen molar-refractivity contribution in [2.75, 3.05) is 22.9 Å². The quantitative estimate of drug-likeness (QED) is 0.811. The molecule has 0 heterocycles. The minimum Gasteiger partial charge on any atom is -0.294 e. The SMILES string of the molecule is CCN(C(=O)N(CC)c1cccc(C)c1)c1ccccc1. The van der Waals surface area contributed by atoms with Crippen molar-refractivity contribution >= 4 is 17.4 Å². The Kier molecular flexibility index (Phi) is 4.99. The number of hydrogen-bond acceptors (Lipinski definition) is 1. The van der Waals surface area contributed by atoms with E-state index in [4.69, 9.17) is 0 Å². The molecule has 0 fully saturated rings. The van der Waals surface area contributed by atoms with Crippen molar-refractivity contribution in [2.45, 2.75) is 20.8 Å². The number of amides is 2. The Bertz CT molecular complexity index is 595. The third-order valence-corrected chi connectivity index (χ3v) is 3.48. The third kappa shape index (κ3) is 3.43. The number of carbonyl (C=O) groups excluding carboxylic acids is 1. The van der Waals surface area contributed by atoms with Crippen LogP contribution < -0.4 is 9.80 Å². The monoisotopic (exact) mass is 282 g/mol. The molecule has 0 aromatic heterocycles. The molecular weight excluding hydrogens is 260 g/mol. The first-order chi connectivity index (χ1) is 10.2. The summed E-state index contributed by atoms with van der Waals surface area (Å²) in [5.41, 5.74) is 3.02. The fourth-order valence-corrected chi connectivity index (χ4v) is 2.41. The van der Waals surface area contributed by atoms with Gasteiger partial charge in [0, 0.05) is 24.5 Å². The molecule has 0 aliphatic rings. The predicted octanol–water partition coefficient (Wildman–Crippen LogP) is 4.47. The summed E-state index contributed by atoms with van der Waals surface area (Å²) in [5.74, 6) is 0. The number of anilines is 2. The van der Waals surface area contributed by atoms with E-state index in [1.165, 1.54) is 0 Å². The molecule has 0 saturated heterocycles. The van der Waals surface area contributed by atoms with Crippen LogP contribution in [0.15, 0.2) is 54.6 Å². The maximum absolute atomic E-state index is 12.9. The summed E-state index contributed by atoms with van der Waals surface area (Å²) in [4.78, 5) is 16.5. The maximum Gasteiger partial charge on any atom is 0.328 e. The molecule has 21 heavy (non-hydrogen) atoms. The molecule has 0 aliphatic heterocycles. The molecule has 0 radical (unpaired) electrons. The van der Waals surface area contributed by atoms with Crippen LogP contribution in [0.3, 0.4) is 0 Å². The molecule has 2 amide bonds. The minimum atomic E-state index is 0.0109. The zero-order valence-corrected chi connectivity index (χ0v) is 12.9. The van der Waals surface area contributed by atoms with Crippen LogP contribution in [0.4, 0.5) is 16.2 Å². The van der Waals surface area contributed by atoms with Crippen LogP contribution in [0.25, 0.3) is 0 Å². The van der Waals surface area contributed by atoms with E-state index in [1.807, 2.05) is 80.3 Å². The molecule has 3 heteroatoms. The van der Waals surface area contributed by atoms with Gasteiger partial charge >= 0.3 is 6.03 Å². The van der Waals surface area contributed by atoms with E-state index in [1.54, 1.807) is 4.90 Å². The minimum absolute atomic E-state index is 0.0109. The first kappa shape index (κ1) is 15.1. The van der Waals surface area contributed by atoms with Crippen LogP contribution in [-0.4, -0.2) is 19.1 Å². The molecule has 0 saturated carbocycles. The Morgan fingerprint density at radius 3 is 2.00 bits per heavy atom. The van der Waals surface area contributed by atoms with Gasteiger partial charge < -0.3 is 0 Å². The van der Waals surface area contributed by atoms with E-state index in [0.717, 1.165) is 16.9 Å². The molecular formula is C18H22N2O. The molecule has 0 spiro atoms. The molecule has 2 aromatic rings. The summed E-state index contributed by atoms with van der Waals surface area (Å²) < 4.78 is 0. The second-order valence-electron chi connectivity index (χ2n) is 4.95. The van der Waals surface area contributed by atoms with Crippen molar-refractivity contribution in [2.24, 2.45) is 0 Å². The number of rotatable bonds is 4. The van der Waals surface area contributed by atoms with E-state index in [-0.39, 0.29) is 6.03 Å². The number of carbonyl (C=O) groups is 1. The van der Waals surface area contributed by atoms with Crippen LogP contribution in [0.1, 0.15) is 19.4 Å². The molecule has 0 unspecified atom stereocenters. The molecule has 2 rings (SSSR count). The summed E-state index contributed by atoms with van der Waals surface area (Å²) in [6.07, 6.45) is 0. The number of benzene rings is 2. The Labute approximate surface area is 126 Å². The highest BCUT2D eigenvalue weighted by atomic mass is 16.2.